The molecule has 0 bridgehead atoms. The van der Waals surface area contributed by atoms with Gasteiger partial charge in [0.25, 0.3) is 5.91 Å². The van der Waals surface area contributed by atoms with Crippen molar-refractivity contribution in [1.29, 1.82) is 0 Å². The number of carbonyl (C=O) groups is 2. The van der Waals surface area contributed by atoms with Crippen molar-refractivity contribution in [3.63, 3.8) is 0 Å². The Labute approximate surface area is 182 Å². The van der Waals surface area contributed by atoms with E-state index in [-0.39, 0.29) is 28.4 Å². The molecule has 0 saturated heterocycles. The molecule has 1 heterocycles. The Hall–Kier alpha value is -3.02. The van der Waals surface area contributed by atoms with E-state index in [1.165, 1.54) is 22.8 Å². The third kappa shape index (κ3) is 5.19. The van der Waals surface area contributed by atoms with E-state index in [4.69, 9.17) is 14.6 Å². The molecule has 0 unspecified atom stereocenters. The van der Waals surface area contributed by atoms with Crippen LogP contribution in [-0.4, -0.2) is 38.1 Å². The molecule has 3 rings (SSSR count). The molecule has 31 heavy (non-hydrogen) atoms. The largest absolute Gasteiger partial charge is 0.493 e. The van der Waals surface area contributed by atoms with Gasteiger partial charge in [-0.2, -0.15) is 4.99 Å². The number of primary sulfonamides is 1. The molecule has 2 aromatic carbocycles. The monoisotopic (exact) mass is 463 g/mol. The Balaban J connectivity index is 2.17. The first-order valence-electron chi connectivity index (χ1n) is 9.37. The normalized spacial score (nSPS) is 12.2. The number of sulfonamides is 1. The molecular weight excluding hydrogens is 442 g/mol. The van der Waals surface area contributed by atoms with Crippen LogP contribution < -0.4 is 14.7 Å². The van der Waals surface area contributed by atoms with Gasteiger partial charge in [-0.1, -0.05) is 23.5 Å². The molecule has 0 aliphatic carbocycles. The molecule has 3 aromatic rings. The molecule has 0 spiro atoms. The number of para-hydroxylation sites is 1. The smallest absolute Gasteiger partial charge is 0.326 e. The topological polar surface area (TPSA) is 130 Å². The number of hydrogen-bond acceptors (Lipinski definition) is 7. The van der Waals surface area contributed by atoms with Crippen molar-refractivity contribution in [2.75, 3.05) is 13.2 Å². The lowest BCUT2D eigenvalue weighted by atomic mass is 10.2. The standard InChI is InChI=1S/C20H21N3O6S2/c1-3-28-16-8-6-5-7-14(16)19(25)22-20-23(12-18(24)29-4-2)15-10-9-13(31(21,26)27)11-17(15)30-20/h5-11H,3-4,12H2,1-2H3,(H2,21,26,27). The maximum Gasteiger partial charge on any atom is 0.326 e. The number of nitrogens with zero attached hydrogens (tertiary/aromatic N) is 2. The molecule has 0 saturated carbocycles. The summed E-state index contributed by atoms with van der Waals surface area (Å²) in [6.07, 6.45) is 0. The molecule has 11 heteroatoms. The van der Waals surface area contributed by atoms with Gasteiger partial charge >= 0.3 is 5.97 Å². The molecule has 164 valence electrons. The van der Waals surface area contributed by atoms with Crippen LogP contribution in [-0.2, 0) is 26.1 Å². The van der Waals surface area contributed by atoms with Crippen molar-refractivity contribution in [1.82, 2.24) is 4.57 Å². The van der Waals surface area contributed by atoms with Crippen LogP contribution >= 0.6 is 11.3 Å². The van der Waals surface area contributed by atoms with Gasteiger partial charge in [-0.05, 0) is 44.2 Å². The molecular formula is C20H21N3O6S2. The molecule has 0 atom stereocenters. The number of rotatable bonds is 7. The van der Waals surface area contributed by atoms with Crippen LogP contribution in [0.4, 0.5) is 0 Å². The van der Waals surface area contributed by atoms with E-state index in [1.807, 2.05) is 0 Å². The molecule has 1 aromatic heterocycles. The highest BCUT2D eigenvalue weighted by Crippen LogP contribution is 2.22. The number of ether oxygens (including phenoxy) is 2. The van der Waals surface area contributed by atoms with Gasteiger partial charge in [-0.15, -0.1) is 0 Å². The third-order valence-corrected chi connectivity index (χ3v) is 6.14. The Morgan fingerprint density at radius 2 is 1.87 bits per heavy atom. The Bertz CT molecular complexity index is 1310. The van der Waals surface area contributed by atoms with E-state index in [0.29, 0.717) is 22.6 Å². The lowest BCUT2D eigenvalue weighted by Gasteiger charge is -2.07. The number of carbonyl (C=O) groups excluding carboxylic acids is 2. The molecule has 0 aliphatic rings. The van der Waals surface area contributed by atoms with E-state index < -0.39 is 21.9 Å². The van der Waals surface area contributed by atoms with Gasteiger partial charge in [0.05, 0.1) is 33.9 Å². The summed E-state index contributed by atoms with van der Waals surface area (Å²) in [5.41, 5.74) is 0.796. The van der Waals surface area contributed by atoms with Gasteiger partial charge in [0.1, 0.15) is 12.3 Å². The van der Waals surface area contributed by atoms with Crippen LogP contribution in [0.2, 0.25) is 0 Å². The van der Waals surface area contributed by atoms with Crippen LogP contribution in [0.15, 0.2) is 52.4 Å². The van der Waals surface area contributed by atoms with E-state index >= 15 is 0 Å². The predicted octanol–water partition coefficient (Wildman–Crippen LogP) is 2.05. The van der Waals surface area contributed by atoms with Crippen LogP contribution in [0, 0.1) is 0 Å². The van der Waals surface area contributed by atoms with E-state index in [0.717, 1.165) is 11.3 Å². The van der Waals surface area contributed by atoms with Gasteiger partial charge in [0, 0.05) is 0 Å². The number of amides is 1. The average molecular weight is 464 g/mol. The highest BCUT2D eigenvalue weighted by Gasteiger charge is 2.17. The van der Waals surface area contributed by atoms with E-state index in [9.17, 15) is 18.0 Å². The molecule has 0 fully saturated rings. The second-order valence-corrected chi connectivity index (χ2v) is 8.87. The first kappa shape index (κ1) is 22.7. The molecule has 2 N–H and O–H groups in total. The van der Waals surface area contributed by atoms with Gasteiger partial charge in [0.2, 0.25) is 10.0 Å². The van der Waals surface area contributed by atoms with Crippen molar-refractivity contribution in [2.24, 2.45) is 10.1 Å². The predicted molar refractivity (Wildman–Crippen MR) is 115 cm³/mol. The Kier molecular flexibility index (Phi) is 6.88. The maximum atomic E-state index is 12.9. The number of thiazole rings is 1. The highest BCUT2D eigenvalue weighted by molar-refractivity contribution is 7.89. The minimum absolute atomic E-state index is 0.0795. The van der Waals surface area contributed by atoms with Crippen LogP contribution in [0.5, 0.6) is 5.75 Å². The molecule has 0 radical (unpaired) electrons. The number of esters is 1. The van der Waals surface area contributed by atoms with Crippen LogP contribution in [0.25, 0.3) is 10.2 Å². The van der Waals surface area contributed by atoms with Crippen molar-refractivity contribution in [3.8, 4) is 5.75 Å². The summed E-state index contributed by atoms with van der Waals surface area (Å²) in [7, 11) is -3.92. The summed E-state index contributed by atoms with van der Waals surface area (Å²) < 4.78 is 35.9. The van der Waals surface area contributed by atoms with Crippen LogP contribution in [0.1, 0.15) is 24.2 Å². The van der Waals surface area contributed by atoms with Crippen molar-refractivity contribution < 1.29 is 27.5 Å². The number of benzene rings is 2. The van der Waals surface area contributed by atoms with Crippen molar-refractivity contribution in [3.05, 3.63) is 52.8 Å². The summed E-state index contributed by atoms with van der Waals surface area (Å²) >= 11 is 1.06. The van der Waals surface area contributed by atoms with Crippen molar-refractivity contribution in [2.45, 2.75) is 25.3 Å². The fourth-order valence-electron chi connectivity index (χ4n) is 2.88. The van der Waals surface area contributed by atoms with Gasteiger partial charge in [-0.25, -0.2) is 13.6 Å². The van der Waals surface area contributed by atoms with Gasteiger partial charge in [-0.3, -0.25) is 9.59 Å². The molecule has 1 amide bonds. The zero-order valence-electron chi connectivity index (χ0n) is 16.9. The molecule has 0 aliphatic heterocycles. The first-order chi connectivity index (χ1) is 14.7. The van der Waals surface area contributed by atoms with Gasteiger partial charge in [0.15, 0.2) is 4.80 Å². The summed E-state index contributed by atoms with van der Waals surface area (Å²) in [6.45, 7) is 3.88. The maximum absolute atomic E-state index is 12.9. The Morgan fingerprint density at radius 1 is 1.13 bits per heavy atom. The number of aromatic nitrogens is 1. The zero-order chi connectivity index (χ0) is 22.6. The minimum atomic E-state index is -3.92. The fourth-order valence-corrected chi connectivity index (χ4v) is 4.56. The number of hydrogen-bond donors (Lipinski definition) is 1. The number of nitrogens with two attached hydrogens (primary N) is 1. The second-order valence-electron chi connectivity index (χ2n) is 6.30. The third-order valence-electron chi connectivity index (χ3n) is 4.19. The van der Waals surface area contributed by atoms with Crippen LogP contribution in [0.3, 0.4) is 0 Å². The fraction of sp³-hybridized carbons (Fsp3) is 0.250. The molecule has 9 nitrogen and oxygen atoms in total. The highest BCUT2D eigenvalue weighted by atomic mass is 32.2. The average Bonchev–Trinajstić information content (AvgIpc) is 3.04. The van der Waals surface area contributed by atoms with Crippen molar-refractivity contribution >= 4 is 43.5 Å². The quantitative estimate of drug-likeness (QED) is 0.534. The van der Waals surface area contributed by atoms with E-state index in [2.05, 4.69) is 4.99 Å². The zero-order valence-corrected chi connectivity index (χ0v) is 18.5. The summed E-state index contributed by atoms with van der Waals surface area (Å²) in [6, 6.07) is 10.9. The first-order valence-corrected chi connectivity index (χ1v) is 11.7. The van der Waals surface area contributed by atoms with E-state index in [1.54, 1.807) is 38.1 Å². The number of fused-ring (bicyclic) bond motifs is 1. The lowest BCUT2D eigenvalue weighted by Crippen LogP contribution is -2.23. The minimum Gasteiger partial charge on any atom is -0.493 e. The SMILES string of the molecule is CCOC(=O)Cn1c(=NC(=O)c2ccccc2OCC)sc2cc(S(N)(=O)=O)ccc21. The lowest BCUT2D eigenvalue weighted by molar-refractivity contribution is -0.143. The second kappa shape index (κ2) is 9.41. The van der Waals surface area contributed by atoms with Gasteiger partial charge < -0.3 is 14.0 Å². The Morgan fingerprint density at radius 3 is 2.55 bits per heavy atom. The summed E-state index contributed by atoms with van der Waals surface area (Å²) in [4.78, 5) is 29.3. The summed E-state index contributed by atoms with van der Waals surface area (Å²) in [5.74, 6) is -0.672. The summed E-state index contributed by atoms with van der Waals surface area (Å²) in [5, 5.41) is 5.22.